The average molecular weight is 410 g/mol. The lowest BCUT2D eigenvalue weighted by Gasteiger charge is -2.07. The fourth-order valence-corrected chi connectivity index (χ4v) is 3.76. The second-order valence-electron chi connectivity index (χ2n) is 6.58. The molecule has 2 aromatic heterocycles. The lowest BCUT2D eigenvalue weighted by atomic mass is 10.1. The van der Waals surface area contributed by atoms with Gasteiger partial charge in [0, 0.05) is 29.0 Å². The van der Waals surface area contributed by atoms with Crippen LogP contribution in [0.4, 0.5) is 0 Å². The molecule has 0 aliphatic rings. The van der Waals surface area contributed by atoms with Crippen molar-refractivity contribution in [3.05, 3.63) is 44.7 Å². The summed E-state index contributed by atoms with van der Waals surface area (Å²) < 4.78 is 7.12. The molecule has 150 valence electrons. The third-order valence-electron chi connectivity index (χ3n) is 4.38. The van der Waals surface area contributed by atoms with Crippen LogP contribution in [-0.4, -0.2) is 27.9 Å². The van der Waals surface area contributed by atoms with Gasteiger partial charge in [-0.1, -0.05) is 6.92 Å². The van der Waals surface area contributed by atoms with Crippen LogP contribution in [0.1, 0.15) is 46.9 Å². The Morgan fingerprint density at radius 1 is 1.34 bits per heavy atom. The predicted molar refractivity (Wildman–Crippen MR) is 109 cm³/mol. The van der Waals surface area contributed by atoms with Crippen molar-refractivity contribution in [2.75, 3.05) is 6.61 Å². The molecule has 0 amide bonds. The maximum absolute atomic E-state index is 12.3. The topological polar surface area (TPSA) is 109 Å². The molecule has 0 radical (unpaired) electrons. The van der Waals surface area contributed by atoms with E-state index in [4.69, 9.17) is 4.74 Å². The van der Waals surface area contributed by atoms with Crippen LogP contribution in [0.5, 0.6) is 0 Å². The Kier molecular flexibility index (Phi) is 7.46. The summed E-state index contributed by atoms with van der Waals surface area (Å²) >= 11 is 1.21. The van der Waals surface area contributed by atoms with Crippen LogP contribution < -0.4 is 0 Å². The van der Waals surface area contributed by atoms with Crippen molar-refractivity contribution in [3.8, 4) is 12.1 Å². The molecule has 29 heavy (non-hydrogen) atoms. The summed E-state index contributed by atoms with van der Waals surface area (Å²) in [4.78, 5) is 28.7. The van der Waals surface area contributed by atoms with Crippen LogP contribution in [0, 0.1) is 43.4 Å². The van der Waals surface area contributed by atoms with Crippen molar-refractivity contribution in [1.82, 2.24) is 9.55 Å². The Morgan fingerprint density at radius 2 is 2.07 bits per heavy atom. The lowest BCUT2D eigenvalue weighted by Crippen LogP contribution is -2.20. The predicted octanol–water partition coefficient (Wildman–Crippen LogP) is 3.61. The van der Waals surface area contributed by atoms with Crippen LogP contribution in [-0.2, 0) is 20.9 Å². The van der Waals surface area contributed by atoms with Crippen molar-refractivity contribution in [2.24, 2.45) is 0 Å². The SMILES string of the molecule is CCCn1c(C)cc(/C=C(\C#N)C(=O)OCC(=O)[C@@H](C#N)c2nc(C)cs2)c1C. The van der Waals surface area contributed by atoms with E-state index in [1.807, 2.05) is 32.1 Å². The number of carbonyl (C=O) groups is 2. The van der Waals surface area contributed by atoms with Crippen LogP contribution in [0.15, 0.2) is 17.0 Å². The molecular formula is C21H22N4O3S. The molecule has 2 heterocycles. The third kappa shape index (κ3) is 5.18. The molecule has 1 atom stereocenters. The van der Waals surface area contributed by atoms with Crippen molar-refractivity contribution in [1.29, 1.82) is 10.5 Å². The Morgan fingerprint density at radius 3 is 2.62 bits per heavy atom. The molecule has 0 unspecified atom stereocenters. The maximum atomic E-state index is 12.3. The minimum Gasteiger partial charge on any atom is -0.453 e. The van der Waals surface area contributed by atoms with Gasteiger partial charge in [0.05, 0.1) is 6.07 Å². The molecule has 0 saturated heterocycles. The van der Waals surface area contributed by atoms with Crippen LogP contribution in [0.3, 0.4) is 0 Å². The van der Waals surface area contributed by atoms with Gasteiger partial charge in [0.15, 0.2) is 18.3 Å². The molecule has 0 spiro atoms. The summed E-state index contributed by atoms with van der Waals surface area (Å²) in [6.45, 7) is 7.98. The number of nitriles is 2. The summed E-state index contributed by atoms with van der Waals surface area (Å²) in [6, 6.07) is 5.62. The van der Waals surface area contributed by atoms with Gasteiger partial charge < -0.3 is 9.30 Å². The van der Waals surface area contributed by atoms with E-state index in [0.29, 0.717) is 10.7 Å². The second-order valence-corrected chi connectivity index (χ2v) is 7.47. The van der Waals surface area contributed by atoms with E-state index in [0.717, 1.165) is 29.9 Å². The Labute approximate surface area is 173 Å². The molecule has 0 bridgehead atoms. The van der Waals surface area contributed by atoms with Gasteiger partial charge >= 0.3 is 5.97 Å². The standard InChI is InChI=1S/C21H22N4O3S/c1-5-6-25-14(3)7-16(15(25)4)8-17(9-22)21(27)28-11-19(26)18(10-23)20-24-13(2)12-29-20/h7-8,12,18H,5-6,11H2,1-4H3/b17-8+/t18-/m1/s1. The van der Waals surface area contributed by atoms with E-state index in [-0.39, 0.29) is 5.57 Å². The quantitative estimate of drug-likeness (QED) is 0.374. The number of aromatic nitrogens is 2. The third-order valence-corrected chi connectivity index (χ3v) is 5.41. The molecule has 2 rings (SSSR count). The minimum atomic E-state index is -1.09. The van der Waals surface area contributed by atoms with Crippen molar-refractivity contribution >= 4 is 29.2 Å². The fraction of sp³-hybridized carbons (Fsp3) is 0.381. The summed E-state index contributed by atoms with van der Waals surface area (Å²) in [5.41, 5.74) is 3.25. The highest BCUT2D eigenvalue weighted by molar-refractivity contribution is 7.09. The lowest BCUT2D eigenvalue weighted by molar-refractivity contribution is -0.143. The monoisotopic (exact) mass is 410 g/mol. The van der Waals surface area contributed by atoms with Gasteiger partial charge in [0.25, 0.3) is 0 Å². The van der Waals surface area contributed by atoms with Crippen molar-refractivity contribution < 1.29 is 14.3 Å². The molecule has 0 N–H and O–H groups in total. The van der Waals surface area contributed by atoms with E-state index >= 15 is 0 Å². The van der Waals surface area contributed by atoms with E-state index < -0.39 is 24.3 Å². The zero-order valence-corrected chi connectivity index (χ0v) is 17.7. The first-order valence-corrected chi connectivity index (χ1v) is 10.00. The first-order valence-electron chi connectivity index (χ1n) is 9.12. The van der Waals surface area contributed by atoms with Crippen LogP contribution >= 0.6 is 11.3 Å². The van der Waals surface area contributed by atoms with Gasteiger partial charge in [-0.2, -0.15) is 10.5 Å². The molecule has 0 aliphatic carbocycles. The Bertz CT molecular complexity index is 1030. The van der Waals surface area contributed by atoms with Gasteiger partial charge in [0.2, 0.25) is 0 Å². The van der Waals surface area contributed by atoms with Gasteiger partial charge in [-0.25, -0.2) is 9.78 Å². The second kappa shape index (κ2) is 9.81. The molecule has 2 aromatic rings. The number of hydrogen-bond acceptors (Lipinski definition) is 7. The van der Waals surface area contributed by atoms with Crippen molar-refractivity contribution in [3.63, 3.8) is 0 Å². The highest BCUT2D eigenvalue weighted by atomic mass is 32.1. The molecule has 0 aliphatic heterocycles. The van der Waals surface area contributed by atoms with Crippen molar-refractivity contribution in [2.45, 2.75) is 46.6 Å². The Balaban J connectivity index is 2.11. The number of hydrogen-bond donors (Lipinski definition) is 0. The van der Waals surface area contributed by atoms with Crippen LogP contribution in [0.25, 0.3) is 6.08 Å². The number of esters is 1. The normalized spacial score (nSPS) is 12.1. The number of Topliss-reactive ketones (excluding diaryl/α,β-unsaturated/α-hetero) is 1. The summed E-state index contributed by atoms with van der Waals surface area (Å²) in [5, 5.41) is 20.7. The first kappa shape index (κ1) is 22.1. The van der Waals surface area contributed by atoms with Gasteiger partial charge in [0.1, 0.15) is 16.6 Å². The zero-order valence-electron chi connectivity index (χ0n) is 16.9. The zero-order chi connectivity index (χ0) is 21.6. The molecule has 8 heteroatoms. The number of ketones is 1. The highest BCUT2D eigenvalue weighted by Gasteiger charge is 2.25. The molecule has 0 saturated carbocycles. The Hall–Kier alpha value is -3.23. The van der Waals surface area contributed by atoms with E-state index in [9.17, 15) is 20.1 Å². The van der Waals surface area contributed by atoms with Gasteiger partial charge in [-0.05, 0) is 44.9 Å². The highest BCUT2D eigenvalue weighted by Crippen LogP contribution is 2.22. The summed E-state index contributed by atoms with van der Waals surface area (Å²) in [6.07, 6.45) is 2.43. The summed E-state index contributed by atoms with van der Waals surface area (Å²) in [5.74, 6) is -2.56. The van der Waals surface area contributed by atoms with E-state index in [1.54, 1.807) is 12.3 Å². The van der Waals surface area contributed by atoms with Crippen LogP contribution in [0.2, 0.25) is 0 Å². The number of aryl methyl sites for hydroxylation is 2. The molecule has 0 aromatic carbocycles. The molecule has 7 nitrogen and oxygen atoms in total. The largest absolute Gasteiger partial charge is 0.453 e. The van der Waals surface area contributed by atoms with Gasteiger partial charge in [-0.15, -0.1) is 11.3 Å². The molecular weight excluding hydrogens is 388 g/mol. The van der Waals surface area contributed by atoms with E-state index in [1.165, 1.54) is 17.4 Å². The minimum absolute atomic E-state index is 0.201. The number of nitrogens with zero attached hydrogens (tertiary/aromatic N) is 4. The number of rotatable bonds is 8. The smallest absolute Gasteiger partial charge is 0.349 e. The maximum Gasteiger partial charge on any atom is 0.349 e. The first-order chi connectivity index (χ1) is 13.8. The number of ether oxygens (including phenoxy) is 1. The average Bonchev–Trinajstić information content (AvgIpc) is 3.23. The van der Waals surface area contributed by atoms with Gasteiger partial charge in [-0.3, -0.25) is 4.79 Å². The fourth-order valence-electron chi connectivity index (χ4n) is 2.90. The molecule has 0 fully saturated rings. The summed E-state index contributed by atoms with van der Waals surface area (Å²) in [7, 11) is 0. The number of carbonyl (C=O) groups excluding carboxylic acids is 2. The van der Waals surface area contributed by atoms with E-state index in [2.05, 4.69) is 16.5 Å². The number of thiazole rings is 1.